The molecular weight excluding hydrogens is 322 g/mol. The number of rotatable bonds is 2. The van der Waals surface area contributed by atoms with Gasteiger partial charge in [-0.2, -0.15) is 0 Å². The summed E-state index contributed by atoms with van der Waals surface area (Å²) < 4.78 is 28.8. The third kappa shape index (κ3) is 3.26. The molecule has 1 aliphatic carbocycles. The third-order valence-corrected chi connectivity index (χ3v) is 5.17. The van der Waals surface area contributed by atoms with E-state index in [1.165, 1.54) is 6.07 Å². The first kappa shape index (κ1) is 17.5. The van der Waals surface area contributed by atoms with Gasteiger partial charge < -0.3 is 10.3 Å². The lowest BCUT2D eigenvalue weighted by molar-refractivity contribution is -0.116. The van der Waals surface area contributed by atoms with Gasteiger partial charge in [-0.05, 0) is 57.4 Å². The molecule has 0 saturated heterocycles. The Morgan fingerprint density at radius 3 is 2.80 bits per heavy atom. The molecule has 1 aliphatic rings. The number of hydrogen-bond donors (Lipinski definition) is 2. The molecule has 1 aromatic carbocycles. The summed E-state index contributed by atoms with van der Waals surface area (Å²) in [7, 11) is 0. The molecule has 0 radical (unpaired) electrons. The van der Waals surface area contributed by atoms with Crippen molar-refractivity contribution in [2.45, 2.75) is 58.4 Å². The molecule has 1 amide bonds. The van der Waals surface area contributed by atoms with E-state index in [2.05, 4.69) is 22.1 Å². The molecule has 1 saturated carbocycles. The molecular formula is C20H22F2N2O. The number of H-pyrrole nitrogens is 1. The predicted octanol–water partition coefficient (Wildman–Crippen LogP) is 4.23. The lowest BCUT2D eigenvalue weighted by Crippen LogP contribution is -2.37. The second-order valence-corrected chi connectivity index (χ2v) is 6.79. The number of aryl methyl sites for hydroxylation is 2. The van der Waals surface area contributed by atoms with Crippen molar-refractivity contribution in [3.63, 3.8) is 0 Å². The molecule has 0 bridgehead atoms. The minimum atomic E-state index is -0.827. The first-order chi connectivity index (χ1) is 11.9. The molecule has 25 heavy (non-hydrogen) atoms. The monoisotopic (exact) mass is 344 g/mol. The number of hydrogen-bond acceptors (Lipinski definition) is 1. The van der Waals surface area contributed by atoms with Gasteiger partial charge in [0.1, 0.15) is 0 Å². The fourth-order valence-corrected chi connectivity index (χ4v) is 3.93. The van der Waals surface area contributed by atoms with Crippen molar-refractivity contribution in [1.29, 1.82) is 0 Å². The summed E-state index contributed by atoms with van der Waals surface area (Å²) in [5.74, 6) is 3.02. The van der Waals surface area contributed by atoms with Gasteiger partial charge in [0.15, 0.2) is 11.6 Å². The molecule has 0 spiro atoms. The maximum atomic E-state index is 14.7. The zero-order chi connectivity index (χ0) is 18.1. The first-order valence-corrected chi connectivity index (χ1v) is 8.62. The SMILES string of the molecule is CC#CC(=O)N[C@@H]1CCC[C@H](c2c(F)c(F)cc3[nH]c(C)c(C)c23)C1. The molecule has 1 heterocycles. The van der Waals surface area contributed by atoms with Gasteiger partial charge in [-0.25, -0.2) is 8.78 Å². The van der Waals surface area contributed by atoms with Crippen LogP contribution in [0.1, 0.15) is 55.3 Å². The van der Waals surface area contributed by atoms with Crippen LogP contribution < -0.4 is 5.32 Å². The van der Waals surface area contributed by atoms with Crippen molar-refractivity contribution < 1.29 is 13.6 Å². The quantitative estimate of drug-likeness (QED) is 0.787. The Labute approximate surface area is 146 Å². The van der Waals surface area contributed by atoms with Crippen LogP contribution in [0.15, 0.2) is 6.07 Å². The van der Waals surface area contributed by atoms with Crippen LogP contribution in [0, 0.1) is 37.3 Å². The van der Waals surface area contributed by atoms with Gasteiger partial charge in [-0.1, -0.05) is 12.3 Å². The Morgan fingerprint density at radius 2 is 2.08 bits per heavy atom. The first-order valence-electron chi connectivity index (χ1n) is 8.62. The Balaban J connectivity index is 1.99. The zero-order valence-electron chi connectivity index (χ0n) is 14.7. The van der Waals surface area contributed by atoms with Crippen molar-refractivity contribution in [2.24, 2.45) is 0 Å². The molecule has 1 aromatic heterocycles. The van der Waals surface area contributed by atoms with Crippen LogP contribution >= 0.6 is 0 Å². The molecule has 0 unspecified atom stereocenters. The summed E-state index contributed by atoms with van der Waals surface area (Å²) in [6.07, 6.45) is 3.06. The number of fused-ring (bicyclic) bond motifs is 1. The Kier molecular flexibility index (Phi) is 4.80. The highest BCUT2D eigenvalue weighted by Gasteiger charge is 2.30. The van der Waals surface area contributed by atoms with Crippen molar-refractivity contribution in [3.8, 4) is 11.8 Å². The third-order valence-electron chi connectivity index (χ3n) is 5.17. The molecule has 3 nitrogen and oxygen atoms in total. The van der Waals surface area contributed by atoms with Crippen LogP contribution in [-0.4, -0.2) is 16.9 Å². The Morgan fingerprint density at radius 1 is 1.32 bits per heavy atom. The number of carbonyl (C=O) groups is 1. The largest absolute Gasteiger partial charge is 0.358 e. The summed E-state index contributed by atoms with van der Waals surface area (Å²) in [6.45, 7) is 5.44. The highest BCUT2D eigenvalue weighted by Crippen LogP contribution is 2.40. The normalized spacial score (nSPS) is 20.2. The van der Waals surface area contributed by atoms with E-state index in [1.807, 2.05) is 13.8 Å². The number of nitrogens with one attached hydrogen (secondary N) is 2. The minimum Gasteiger partial charge on any atom is -0.358 e. The number of aromatic amines is 1. The Hall–Kier alpha value is -2.35. The van der Waals surface area contributed by atoms with Gasteiger partial charge in [0.05, 0.1) is 0 Å². The smallest absolute Gasteiger partial charge is 0.296 e. The number of aromatic nitrogens is 1. The fourth-order valence-electron chi connectivity index (χ4n) is 3.93. The molecule has 2 N–H and O–H groups in total. The molecule has 0 aliphatic heterocycles. The number of amides is 1. The van der Waals surface area contributed by atoms with E-state index in [0.29, 0.717) is 17.5 Å². The maximum Gasteiger partial charge on any atom is 0.296 e. The molecule has 5 heteroatoms. The van der Waals surface area contributed by atoms with Gasteiger partial charge in [0, 0.05) is 34.3 Å². The topological polar surface area (TPSA) is 44.9 Å². The molecule has 1 fully saturated rings. The van der Waals surface area contributed by atoms with Crippen molar-refractivity contribution >= 4 is 16.8 Å². The van der Waals surface area contributed by atoms with Gasteiger partial charge in [-0.15, -0.1) is 0 Å². The summed E-state index contributed by atoms with van der Waals surface area (Å²) in [4.78, 5) is 14.9. The van der Waals surface area contributed by atoms with Crippen molar-refractivity contribution in [1.82, 2.24) is 10.3 Å². The maximum absolute atomic E-state index is 14.7. The van der Waals surface area contributed by atoms with E-state index in [4.69, 9.17) is 0 Å². The van der Waals surface area contributed by atoms with Crippen molar-refractivity contribution in [3.05, 3.63) is 34.5 Å². The number of halogens is 2. The van der Waals surface area contributed by atoms with Gasteiger partial charge >= 0.3 is 0 Å². The number of carbonyl (C=O) groups excluding carboxylic acids is 1. The van der Waals surface area contributed by atoms with Crippen LogP contribution in [-0.2, 0) is 4.79 Å². The van der Waals surface area contributed by atoms with E-state index in [9.17, 15) is 13.6 Å². The molecule has 3 rings (SSSR count). The average molecular weight is 344 g/mol. The van der Waals surface area contributed by atoms with Crippen LogP contribution in [0.2, 0.25) is 0 Å². The second kappa shape index (κ2) is 6.87. The minimum absolute atomic E-state index is 0.0647. The van der Waals surface area contributed by atoms with E-state index in [-0.39, 0.29) is 17.9 Å². The zero-order valence-corrected chi connectivity index (χ0v) is 14.7. The van der Waals surface area contributed by atoms with Crippen LogP contribution in [0.3, 0.4) is 0 Å². The van der Waals surface area contributed by atoms with Gasteiger partial charge in [0.25, 0.3) is 5.91 Å². The van der Waals surface area contributed by atoms with Gasteiger partial charge in [-0.3, -0.25) is 4.79 Å². The average Bonchev–Trinajstić information content (AvgIpc) is 2.83. The van der Waals surface area contributed by atoms with Crippen LogP contribution in [0.5, 0.6) is 0 Å². The molecule has 2 aromatic rings. The fraction of sp³-hybridized carbons (Fsp3) is 0.450. The highest BCUT2D eigenvalue weighted by atomic mass is 19.2. The second-order valence-electron chi connectivity index (χ2n) is 6.79. The Bertz CT molecular complexity index is 889. The standard InChI is InChI=1S/C20H22F2N2O/c1-4-6-17(25)24-14-8-5-7-13(9-14)19-18-11(2)12(3)23-16(18)10-15(21)20(19)22/h10,13-14,23H,5,7-9H2,1-3H3,(H,24,25)/t13-,14+/m0/s1. The number of benzene rings is 1. The van der Waals surface area contributed by atoms with E-state index in [0.717, 1.165) is 35.9 Å². The van der Waals surface area contributed by atoms with E-state index in [1.54, 1.807) is 6.92 Å². The molecule has 132 valence electrons. The summed E-state index contributed by atoms with van der Waals surface area (Å²) >= 11 is 0. The lowest BCUT2D eigenvalue weighted by atomic mass is 9.79. The highest BCUT2D eigenvalue weighted by molar-refractivity contribution is 5.93. The predicted molar refractivity (Wildman–Crippen MR) is 94.3 cm³/mol. The molecule has 2 atom stereocenters. The van der Waals surface area contributed by atoms with Crippen LogP contribution in [0.25, 0.3) is 10.9 Å². The van der Waals surface area contributed by atoms with E-state index >= 15 is 0 Å². The van der Waals surface area contributed by atoms with Gasteiger partial charge in [0.2, 0.25) is 0 Å². The summed E-state index contributed by atoms with van der Waals surface area (Å²) in [6, 6.07) is 1.16. The van der Waals surface area contributed by atoms with Crippen molar-refractivity contribution in [2.75, 3.05) is 0 Å². The lowest BCUT2D eigenvalue weighted by Gasteiger charge is -2.30. The summed E-state index contributed by atoms with van der Waals surface area (Å²) in [5, 5.41) is 3.66. The van der Waals surface area contributed by atoms with Crippen LogP contribution in [0.4, 0.5) is 8.78 Å². The summed E-state index contributed by atoms with van der Waals surface area (Å²) in [5.41, 5.74) is 2.94. The van der Waals surface area contributed by atoms with E-state index < -0.39 is 11.6 Å².